The van der Waals surface area contributed by atoms with E-state index in [0.717, 1.165) is 16.7 Å². The summed E-state index contributed by atoms with van der Waals surface area (Å²) in [5.74, 6) is -0.934. The van der Waals surface area contributed by atoms with Gasteiger partial charge in [0, 0.05) is 22.3 Å². The van der Waals surface area contributed by atoms with E-state index in [2.05, 4.69) is 15.0 Å². The molecule has 0 aliphatic carbocycles. The number of amides is 1. The van der Waals surface area contributed by atoms with E-state index < -0.39 is 21.9 Å². The maximum atomic E-state index is 13.0. The van der Waals surface area contributed by atoms with Gasteiger partial charge in [0.25, 0.3) is 5.91 Å². The number of ether oxygens (including phenoxy) is 1. The van der Waals surface area contributed by atoms with Gasteiger partial charge < -0.3 is 10.1 Å². The molecule has 0 radical (unpaired) electrons. The molecule has 0 atom stereocenters. The quantitative estimate of drug-likeness (QED) is 0.305. The molecule has 2 heterocycles. The van der Waals surface area contributed by atoms with Gasteiger partial charge in [-0.3, -0.25) is 14.5 Å². The van der Waals surface area contributed by atoms with Crippen molar-refractivity contribution < 1.29 is 22.7 Å². The van der Waals surface area contributed by atoms with Crippen molar-refractivity contribution in [3.63, 3.8) is 0 Å². The highest BCUT2D eigenvalue weighted by molar-refractivity contribution is 7.92. The van der Waals surface area contributed by atoms with Crippen molar-refractivity contribution >= 4 is 43.9 Å². The highest BCUT2D eigenvalue weighted by Gasteiger charge is 2.20. The zero-order chi connectivity index (χ0) is 25.7. The Morgan fingerprint density at radius 1 is 0.972 bits per heavy atom. The van der Waals surface area contributed by atoms with E-state index >= 15 is 0 Å². The summed E-state index contributed by atoms with van der Waals surface area (Å²) in [5.41, 5.74) is 3.18. The molecule has 36 heavy (non-hydrogen) atoms. The van der Waals surface area contributed by atoms with Crippen LogP contribution in [-0.2, 0) is 14.8 Å². The predicted molar refractivity (Wildman–Crippen MR) is 142 cm³/mol. The minimum absolute atomic E-state index is 0.217. The smallest absolute Gasteiger partial charge is 0.341 e. The van der Waals surface area contributed by atoms with E-state index in [4.69, 9.17) is 4.74 Å². The summed E-state index contributed by atoms with van der Waals surface area (Å²) in [4.78, 5) is 30.7. The number of hydrogen-bond acceptors (Lipinski definition) is 7. The molecule has 4 rings (SSSR count). The van der Waals surface area contributed by atoms with E-state index in [1.54, 1.807) is 49.4 Å². The maximum absolute atomic E-state index is 13.0. The lowest BCUT2D eigenvalue weighted by Crippen LogP contribution is -2.14. The van der Waals surface area contributed by atoms with Gasteiger partial charge in [-0.25, -0.2) is 13.2 Å². The molecular weight excluding hydrogens is 498 g/mol. The van der Waals surface area contributed by atoms with Gasteiger partial charge in [0.05, 0.1) is 29.7 Å². The first-order chi connectivity index (χ1) is 17.2. The Bertz CT molecular complexity index is 1500. The van der Waals surface area contributed by atoms with Crippen LogP contribution in [0.3, 0.4) is 0 Å². The van der Waals surface area contributed by atoms with E-state index in [1.807, 2.05) is 30.3 Å². The first-order valence-electron chi connectivity index (χ1n) is 11.0. The molecule has 0 fully saturated rings. The molecule has 1 amide bonds. The molecule has 10 heteroatoms. The fourth-order valence-electron chi connectivity index (χ4n) is 3.42. The number of sulfonamides is 1. The number of nitrogens with one attached hydrogen (secondary N) is 2. The zero-order valence-electron chi connectivity index (χ0n) is 19.5. The Kier molecular flexibility index (Phi) is 7.47. The minimum atomic E-state index is -3.41. The van der Waals surface area contributed by atoms with Crippen LogP contribution in [0.15, 0.2) is 79.0 Å². The lowest BCUT2D eigenvalue weighted by Gasteiger charge is -2.08. The highest BCUT2D eigenvalue weighted by Crippen LogP contribution is 2.36. The van der Waals surface area contributed by atoms with E-state index in [0.29, 0.717) is 27.5 Å². The number of benzene rings is 2. The van der Waals surface area contributed by atoms with Crippen LogP contribution < -0.4 is 10.0 Å². The third kappa shape index (κ3) is 6.15. The number of rotatable bonds is 8. The third-order valence-corrected chi connectivity index (χ3v) is 6.71. The van der Waals surface area contributed by atoms with E-state index in [-0.39, 0.29) is 12.2 Å². The molecule has 0 aliphatic heterocycles. The highest BCUT2D eigenvalue weighted by atomic mass is 32.2. The Hall–Kier alpha value is -4.02. The molecule has 0 spiro atoms. The summed E-state index contributed by atoms with van der Waals surface area (Å²) in [6, 6.07) is 21.4. The first-order valence-corrected chi connectivity index (χ1v) is 13.7. The fraction of sp³-hybridized carbons (Fsp3) is 0.115. The Morgan fingerprint density at radius 2 is 1.72 bits per heavy atom. The van der Waals surface area contributed by atoms with Crippen molar-refractivity contribution in [2.75, 3.05) is 22.9 Å². The molecule has 0 saturated heterocycles. The van der Waals surface area contributed by atoms with Crippen molar-refractivity contribution in [3.8, 4) is 21.7 Å². The summed E-state index contributed by atoms with van der Waals surface area (Å²) < 4.78 is 30.6. The fourth-order valence-corrected chi connectivity index (χ4v) is 5.02. The minimum Gasteiger partial charge on any atom is -0.462 e. The monoisotopic (exact) mass is 521 g/mol. The summed E-state index contributed by atoms with van der Waals surface area (Å²) in [6.45, 7) is 1.94. The van der Waals surface area contributed by atoms with Crippen molar-refractivity contribution in [2.45, 2.75) is 6.92 Å². The Labute approximate surface area is 213 Å². The molecule has 2 aromatic carbocycles. The molecular formula is C26H23N3O5S2. The van der Waals surface area contributed by atoms with Crippen molar-refractivity contribution in [2.24, 2.45) is 0 Å². The number of hydrogen-bond donors (Lipinski definition) is 2. The predicted octanol–water partition coefficient (Wildman–Crippen LogP) is 5.28. The topological polar surface area (TPSA) is 114 Å². The summed E-state index contributed by atoms with van der Waals surface area (Å²) >= 11 is 1.29. The van der Waals surface area contributed by atoms with Crippen molar-refractivity contribution in [1.29, 1.82) is 0 Å². The lowest BCUT2D eigenvalue weighted by atomic mass is 10.1. The van der Waals surface area contributed by atoms with Crippen molar-refractivity contribution in [1.82, 2.24) is 4.98 Å². The van der Waals surface area contributed by atoms with Crippen LogP contribution in [0.1, 0.15) is 27.6 Å². The van der Waals surface area contributed by atoms with Gasteiger partial charge in [-0.1, -0.05) is 42.5 Å². The van der Waals surface area contributed by atoms with Gasteiger partial charge in [0.1, 0.15) is 5.00 Å². The average molecular weight is 522 g/mol. The number of nitrogens with zero attached hydrogens (tertiary/aromatic N) is 1. The molecule has 2 aromatic heterocycles. The second-order valence-electron chi connectivity index (χ2n) is 7.78. The van der Waals surface area contributed by atoms with E-state index in [9.17, 15) is 18.0 Å². The van der Waals surface area contributed by atoms with Gasteiger partial charge in [-0.05, 0) is 42.8 Å². The van der Waals surface area contributed by atoms with Gasteiger partial charge in [0.2, 0.25) is 10.0 Å². The number of aromatic nitrogens is 1. The van der Waals surface area contributed by atoms with Crippen molar-refractivity contribution in [3.05, 3.63) is 90.1 Å². The first kappa shape index (κ1) is 25.1. The molecule has 0 saturated carbocycles. The molecule has 2 N–H and O–H groups in total. The Morgan fingerprint density at radius 3 is 2.39 bits per heavy atom. The number of carbonyl (C=O) groups is 2. The number of anilines is 2. The lowest BCUT2D eigenvalue weighted by molar-refractivity contribution is 0.0528. The van der Waals surface area contributed by atoms with Gasteiger partial charge in [-0.15, -0.1) is 11.3 Å². The normalized spacial score (nSPS) is 11.1. The van der Waals surface area contributed by atoms with E-state index in [1.165, 1.54) is 17.5 Å². The van der Waals surface area contributed by atoms with Crippen LogP contribution in [-0.4, -0.2) is 38.1 Å². The molecule has 0 aliphatic rings. The molecule has 0 unspecified atom stereocenters. The van der Waals surface area contributed by atoms with Gasteiger partial charge in [-0.2, -0.15) is 0 Å². The number of thiophene rings is 1. The maximum Gasteiger partial charge on any atom is 0.341 e. The summed E-state index contributed by atoms with van der Waals surface area (Å²) in [7, 11) is -3.41. The largest absolute Gasteiger partial charge is 0.462 e. The van der Waals surface area contributed by atoms with Crippen LogP contribution >= 0.6 is 11.3 Å². The number of pyridine rings is 1. The standard InChI is InChI=1S/C26H23N3O5S2/c1-3-34-26(31)21-15-23(17-8-5-4-6-9-17)35-25(21)28-24(30)19-12-13-22(27-16-19)18-10-7-11-20(14-18)29-36(2,32)33/h4-16,29H,3H2,1-2H3,(H,28,30). The third-order valence-electron chi connectivity index (χ3n) is 5.00. The summed E-state index contributed by atoms with van der Waals surface area (Å²) in [5, 5.41) is 3.20. The van der Waals surface area contributed by atoms with Gasteiger partial charge >= 0.3 is 5.97 Å². The Balaban J connectivity index is 1.56. The molecule has 0 bridgehead atoms. The van der Waals surface area contributed by atoms with Crippen LogP contribution in [0.5, 0.6) is 0 Å². The average Bonchev–Trinajstić information content (AvgIpc) is 3.28. The SMILES string of the molecule is CCOC(=O)c1cc(-c2ccccc2)sc1NC(=O)c1ccc(-c2cccc(NS(C)(=O)=O)c2)nc1. The van der Waals surface area contributed by atoms with Crippen LogP contribution in [0.25, 0.3) is 21.7 Å². The summed E-state index contributed by atoms with van der Waals surface area (Å²) in [6.07, 6.45) is 2.51. The number of carbonyl (C=O) groups excluding carboxylic acids is 2. The van der Waals surface area contributed by atoms with Crippen LogP contribution in [0.2, 0.25) is 0 Å². The molecule has 8 nitrogen and oxygen atoms in total. The zero-order valence-corrected chi connectivity index (χ0v) is 21.2. The second kappa shape index (κ2) is 10.7. The van der Waals surface area contributed by atoms with Crippen LogP contribution in [0.4, 0.5) is 10.7 Å². The molecule has 4 aromatic rings. The van der Waals surface area contributed by atoms with Crippen LogP contribution in [0, 0.1) is 0 Å². The number of esters is 1. The second-order valence-corrected chi connectivity index (χ2v) is 10.6. The molecule has 184 valence electrons. The van der Waals surface area contributed by atoms with Gasteiger partial charge in [0.15, 0.2) is 0 Å².